The molecule has 262 valence electrons. The molecule has 0 spiro atoms. The van der Waals surface area contributed by atoms with Gasteiger partial charge in [-0.3, -0.25) is 0 Å². The molecular weight excluding hydrogens is 616 g/mol. The van der Waals surface area contributed by atoms with Crippen molar-refractivity contribution in [2.45, 2.75) is 5.60 Å². The minimum Gasteiger partial charge on any atom is -0.460 e. The molecule has 0 radical (unpaired) electrons. The van der Waals surface area contributed by atoms with E-state index in [-0.39, 0.29) is 6.61 Å². The van der Waals surface area contributed by atoms with Gasteiger partial charge in [-0.25, -0.2) is 4.79 Å². The Bertz CT molecular complexity index is 1110. The number of benzene rings is 3. The van der Waals surface area contributed by atoms with E-state index in [1.165, 1.54) is 0 Å². The fraction of sp³-hybridized carbons (Fsp3) is 0.447. The van der Waals surface area contributed by atoms with Crippen molar-refractivity contribution >= 4 is 5.97 Å². The van der Waals surface area contributed by atoms with Gasteiger partial charge in [0.15, 0.2) is 0 Å². The van der Waals surface area contributed by atoms with Crippen LogP contribution in [0.25, 0.3) is 0 Å². The van der Waals surface area contributed by atoms with Gasteiger partial charge < -0.3 is 42.6 Å². The van der Waals surface area contributed by atoms with Crippen molar-refractivity contribution in [1.82, 2.24) is 0 Å². The highest BCUT2D eigenvalue weighted by molar-refractivity contribution is 5.81. The van der Waals surface area contributed by atoms with Crippen molar-refractivity contribution in [3.05, 3.63) is 120 Å². The van der Waals surface area contributed by atoms with Gasteiger partial charge in [0, 0.05) is 6.08 Å². The number of carbonyl (C=O) groups excluding carboxylic acids is 1. The average molecular weight is 667 g/mol. The molecule has 10 nitrogen and oxygen atoms in total. The Morgan fingerprint density at radius 1 is 0.438 bits per heavy atom. The summed E-state index contributed by atoms with van der Waals surface area (Å²) < 4.78 is 50.2. The normalized spacial score (nSPS) is 11.4. The van der Waals surface area contributed by atoms with Gasteiger partial charge in [0.25, 0.3) is 0 Å². The number of hydrogen-bond donors (Lipinski definition) is 0. The van der Waals surface area contributed by atoms with E-state index in [0.29, 0.717) is 99.1 Å². The van der Waals surface area contributed by atoms with Crippen LogP contribution in [0, 0.1) is 0 Å². The van der Waals surface area contributed by atoms with Crippen LogP contribution in [-0.4, -0.2) is 112 Å². The van der Waals surface area contributed by atoms with Crippen molar-refractivity contribution in [1.29, 1.82) is 0 Å². The molecule has 3 rings (SSSR count). The lowest BCUT2D eigenvalue weighted by Gasteiger charge is -2.36. The molecule has 0 aliphatic rings. The van der Waals surface area contributed by atoms with E-state index >= 15 is 0 Å². The van der Waals surface area contributed by atoms with Gasteiger partial charge in [-0.2, -0.15) is 0 Å². The Balaban J connectivity index is 1.15. The van der Waals surface area contributed by atoms with Crippen LogP contribution in [0.5, 0.6) is 0 Å². The van der Waals surface area contributed by atoms with Crippen LogP contribution in [0.2, 0.25) is 0 Å². The van der Waals surface area contributed by atoms with Gasteiger partial charge in [-0.1, -0.05) is 97.6 Å². The highest BCUT2D eigenvalue weighted by atomic mass is 16.6. The minimum atomic E-state index is -0.753. The fourth-order valence-corrected chi connectivity index (χ4v) is 4.70. The maximum absolute atomic E-state index is 10.9. The van der Waals surface area contributed by atoms with E-state index in [9.17, 15) is 4.79 Å². The molecule has 0 N–H and O–H groups in total. The second kappa shape index (κ2) is 25.6. The first-order chi connectivity index (χ1) is 23.8. The number of hydrogen-bond acceptors (Lipinski definition) is 10. The SMILES string of the molecule is C=CC(=O)OCCOCCOCCOCCOCCOCCOCCOCCOC(c1ccccc1)(c1ccccc1)c1ccccc1. The van der Waals surface area contributed by atoms with Crippen LogP contribution in [0.3, 0.4) is 0 Å². The van der Waals surface area contributed by atoms with Crippen molar-refractivity contribution in [2.24, 2.45) is 0 Å². The minimum absolute atomic E-state index is 0.197. The van der Waals surface area contributed by atoms with Crippen LogP contribution in [0.4, 0.5) is 0 Å². The summed E-state index contributed by atoms with van der Waals surface area (Å²) in [4.78, 5) is 10.9. The molecule has 48 heavy (non-hydrogen) atoms. The highest BCUT2D eigenvalue weighted by Crippen LogP contribution is 2.40. The zero-order valence-corrected chi connectivity index (χ0v) is 27.8. The lowest BCUT2D eigenvalue weighted by molar-refractivity contribution is -0.139. The maximum Gasteiger partial charge on any atom is 0.330 e. The molecule has 3 aromatic carbocycles. The lowest BCUT2D eigenvalue weighted by atomic mass is 9.80. The van der Waals surface area contributed by atoms with Gasteiger partial charge in [0.1, 0.15) is 12.2 Å². The molecule has 0 fully saturated rings. The summed E-state index contributed by atoms with van der Waals surface area (Å²) >= 11 is 0. The third-order valence-electron chi connectivity index (χ3n) is 6.96. The third kappa shape index (κ3) is 15.2. The summed E-state index contributed by atoms with van der Waals surface area (Å²) in [6, 6.07) is 30.9. The lowest BCUT2D eigenvalue weighted by Crippen LogP contribution is -2.34. The van der Waals surface area contributed by atoms with E-state index < -0.39 is 11.6 Å². The van der Waals surface area contributed by atoms with Gasteiger partial charge in [-0.05, 0) is 16.7 Å². The van der Waals surface area contributed by atoms with Crippen molar-refractivity contribution in [3.63, 3.8) is 0 Å². The monoisotopic (exact) mass is 666 g/mol. The molecule has 0 amide bonds. The molecule has 0 aliphatic heterocycles. The quantitative estimate of drug-likeness (QED) is 0.0443. The van der Waals surface area contributed by atoms with Crippen LogP contribution in [-0.2, 0) is 53.0 Å². The summed E-state index contributed by atoms with van der Waals surface area (Å²) in [5, 5.41) is 0. The molecule has 0 bridgehead atoms. The fourth-order valence-electron chi connectivity index (χ4n) is 4.70. The third-order valence-corrected chi connectivity index (χ3v) is 6.96. The van der Waals surface area contributed by atoms with E-state index in [4.69, 9.17) is 42.6 Å². The molecule has 0 aromatic heterocycles. The van der Waals surface area contributed by atoms with Crippen molar-refractivity contribution in [2.75, 3.05) is 106 Å². The predicted molar refractivity (Wildman–Crippen MR) is 182 cm³/mol. The van der Waals surface area contributed by atoms with Crippen LogP contribution < -0.4 is 0 Å². The Hall–Kier alpha value is -3.45. The number of esters is 1. The van der Waals surface area contributed by atoms with Crippen LogP contribution >= 0.6 is 0 Å². The zero-order valence-electron chi connectivity index (χ0n) is 27.8. The number of carbonyl (C=O) groups is 1. The summed E-state index contributed by atoms with van der Waals surface area (Å²) in [6.07, 6.45) is 1.12. The summed E-state index contributed by atoms with van der Waals surface area (Å²) in [7, 11) is 0. The molecule has 0 atom stereocenters. The largest absolute Gasteiger partial charge is 0.460 e. The van der Waals surface area contributed by atoms with E-state index in [0.717, 1.165) is 22.8 Å². The maximum atomic E-state index is 10.9. The zero-order chi connectivity index (χ0) is 33.8. The Morgan fingerprint density at radius 3 is 1.00 bits per heavy atom. The van der Waals surface area contributed by atoms with Gasteiger partial charge in [-0.15, -0.1) is 0 Å². The Kier molecular flexibility index (Phi) is 20.8. The van der Waals surface area contributed by atoms with Crippen LogP contribution in [0.15, 0.2) is 104 Å². The van der Waals surface area contributed by atoms with Crippen molar-refractivity contribution < 1.29 is 47.4 Å². The first-order valence-electron chi connectivity index (χ1n) is 16.4. The summed E-state index contributed by atoms with van der Waals surface area (Å²) in [5.74, 6) is -0.459. The topological polar surface area (TPSA) is 100 Å². The second-order valence-electron chi connectivity index (χ2n) is 10.3. The summed E-state index contributed by atoms with van der Waals surface area (Å²) in [6.45, 7) is 10.3. The number of rotatable bonds is 29. The molecule has 0 aliphatic carbocycles. The van der Waals surface area contributed by atoms with Gasteiger partial charge in [0.05, 0.1) is 99.1 Å². The van der Waals surface area contributed by atoms with E-state index in [2.05, 4.69) is 43.0 Å². The molecular formula is C38H50O10. The van der Waals surface area contributed by atoms with Crippen LogP contribution in [0.1, 0.15) is 16.7 Å². The molecule has 0 unspecified atom stereocenters. The smallest absolute Gasteiger partial charge is 0.330 e. The Morgan fingerprint density at radius 2 is 0.708 bits per heavy atom. The average Bonchev–Trinajstić information content (AvgIpc) is 3.14. The first-order valence-corrected chi connectivity index (χ1v) is 16.4. The van der Waals surface area contributed by atoms with Gasteiger partial charge >= 0.3 is 5.97 Å². The highest BCUT2D eigenvalue weighted by Gasteiger charge is 2.37. The molecule has 3 aromatic rings. The first kappa shape index (κ1) is 39.0. The standard InChI is InChI=1S/C38H50O10/c1-2-37(39)47-32-30-45-28-26-43-24-22-41-20-18-40-19-21-42-23-25-44-27-29-46-31-33-48-38(34-12-6-3-7-13-34,35-14-8-4-9-15-35)36-16-10-5-11-17-36/h2-17H,1,18-33H2. The van der Waals surface area contributed by atoms with E-state index in [1.54, 1.807) is 0 Å². The van der Waals surface area contributed by atoms with E-state index in [1.807, 2.05) is 54.6 Å². The molecule has 0 heterocycles. The summed E-state index contributed by atoms with van der Waals surface area (Å²) in [5.41, 5.74) is 2.44. The molecule has 10 heteroatoms. The van der Waals surface area contributed by atoms with Gasteiger partial charge in [0.2, 0.25) is 0 Å². The number of ether oxygens (including phenoxy) is 9. The molecule has 0 saturated heterocycles. The predicted octanol–water partition coefficient (Wildman–Crippen LogP) is 4.84. The molecule has 0 saturated carbocycles. The second-order valence-corrected chi connectivity index (χ2v) is 10.3. The Labute approximate surface area is 284 Å². The van der Waals surface area contributed by atoms with Crippen molar-refractivity contribution in [3.8, 4) is 0 Å².